The standard InChI is InChI=1S/C15H16N4O/c1-10(2)20-15-14-18-9-13(19(14)8-7-17-15)11-3-5-12(16)6-4-11/h3-10H,16H2,1-2H3. The molecule has 102 valence electrons. The van der Waals surface area contributed by atoms with Gasteiger partial charge in [-0.15, -0.1) is 0 Å². The molecule has 2 aromatic heterocycles. The predicted molar refractivity (Wildman–Crippen MR) is 78.6 cm³/mol. The number of ether oxygens (including phenoxy) is 1. The van der Waals surface area contributed by atoms with Crippen LogP contribution in [0.5, 0.6) is 5.88 Å². The summed E-state index contributed by atoms with van der Waals surface area (Å²) >= 11 is 0. The summed E-state index contributed by atoms with van der Waals surface area (Å²) in [6, 6.07) is 7.70. The number of nitrogens with zero attached hydrogens (tertiary/aromatic N) is 3. The summed E-state index contributed by atoms with van der Waals surface area (Å²) in [7, 11) is 0. The molecule has 0 aliphatic carbocycles. The van der Waals surface area contributed by atoms with E-state index in [1.807, 2.05) is 54.9 Å². The molecule has 2 heterocycles. The highest BCUT2D eigenvalue weighted by Crippen LogP contribution is 2.25. The van der Waals surface area contributed by atoms with Crippen LogP contribution in [0.4, 0.5) is 5.69 Å². The number of hydrogen-bond donors (Lipinski definition) is 1. The van der Waals surface area contributed by atoms with E-state index in [-0.39, 0.29) is 6.10 Å². The monoisotopic (exact) mass is 268 g/mol. The van der Waals surface area contributed by atoms with Crippen molar-refractivity contribution >= 4 is 11.3 Å². The molecular weight excluding hydrogens is 252 g/mol. The van der Waals surface area contributed by atoms with E-state index in [9.17, 15) is 0 Å². The highest BCUT2D eigenvalue weighted by Gasteiger charge is 2.11. The average molecular weight is 268 g/mol. The van der Waals surface area contributed by atoms with Gasteiger partial charge in [0.15, 0.2) is 0 Å². The Kier molecular flexibility index (Phi) is 3.02. The fourth-order valence-corrected chi connectivity index (χ4v) is 2.07. The maximum absolute atomic E-state index is 5.72. The van der Waals surface area contributed by atoms with E-state index < -0.39 is 0 Å². The zero-order chi connectivity index (χ0) is 14.1. The zero-order valence-electron chi connectivity index (χ0n) is 11.4. The largest absolute Gasteiger partial charge is 0.472 e. The zero-order valence-corrected chi connectivity index (χ0v) is 11.4. The second-order valence-electron chi connectivity index (χ2n) is 4.86. The van der Waals surface area contributed by atoms with E-state index >= 15 is 0 Å². The van der Waals surface area contributed by atoms with Gasteiger partial charge in [-0.1, -0.05) is 12.1 Å². The van der Waals surface area contributed by atoms with Crippen LogP contribution in [0.15, 0.2) is 42.9 Å². The second kappa shape index (κ2) is 4.85. The van der Waals surface area contributed by atoms with E-state index in [4.69, 9.17) is 10.5 Å². The number of anilines is 1. The van der Waals surface area contributed by atoms with Crippen molar-refractivity contribution in [1.82, 2.24) is 14.4 Å². The highest BCUT2D eigenvalue weighted by atomic mass is 16.5. The third-order valence-corrected chi connectivity index (χ3v) is 2.95. The summed E-state index contributed by atoms with van der Waals surface area (Å²) in [6.45, 7) is 3.93. The lowest BCUT2D eigenvalue weighted by Crippen LogP contribution is -2.08. The van der Waals surface area contributed by atoms with Crippen LogP contribution in [0.3, 0.4) is 0 Å². The maximum Gasteiger partial charge on any atom is 0.258 e. The van der Waals surface area contributed by atoms with Crippen molar-refractivity contribution in [2.75, 3.05) is 5.73 Å². The molecule has 5 heteroatoms. The molecule has 20 heavy (non-hydrogen) atoms. The Morgan fingerprint density at radius 2 is 1.90 bits per heavy atom. The fraction of sp³-hybridized carbons (Fsp3) is 0.200. The molecule has 0 spiro atoms. The van der Waals surface area contributed by atoms with Crippen molar-refractivity contribution in [2.45, 2.75) is 20.0 Å². The SMILES string of the molecule is CC(C)Oc1nccn2c(-c3ccc(N)cc3)cnc12. The molecule has 0 saturated carbocycles. The maximum atomic E-state index is 5.72. The van der Waals surface area contributed by atoms with Crippen LogP contribution in [0, 0.1) is 0 Å². The van der Waals surface area contributed by atoms with E-state index in [2.05, 4.69) is 9.97 Å². The van der Waals surface area contributed by atoms with Crippen molar-refractivity contribution in [1.29, 1.82) is 0 Å². The molecule has 0 saturated heterocycles. The molecule has 0 bridgehead atoms. The van der Waals surface area contributed by atoms with Crippen molar-refractivity contribution in [2.24, 2.45) is 0 Å². The number of aromatic nitrogens is 3. The normalized spacial score (nSPS) is 11.2. The predicted octanol–water partition coefficient (Wildman–Crippen LogP) is 2.77. The number of rotatable bonds is 3. The summed E-state index contributed by atoms with van der Waals surface area (Å²) in [6.07, 6.45) is 5.47. The Bertz CT molecular complexity index is 731. The topological polar surface area (TPSA) is 65.4 Å². The van der Waals surface area contributed by atoms with Crippen LogP contribution >= 0.6 is 0 Å². The van der Waals surface area contributed by atoms with Crippen molar-refractivity contribution in [3.63, 3.8) is 0 Å². The summed E-state index contributed by atoms with van der Waals surface area (Å²) in [5.41, 5.74) is 9.21. The number of nitrogens with two attached hydrogens (primary N) is 1. The van der Waals surface area contributed by atoms with Crippen LogP contribution in [0.1, 0.15) is 13.8 Å². The molecule has 1 aromatic carbocycles. The van der Waals surface area contributed by atoms with Gasteiger partial charge in [-0.25, -0.2) is 9.97 Å². The lowest BCUT2D eigenvalue weighted by Gasteiger charge is -2.09. The molecule has 0 aliphatic heterocycles. The van der Waals surface area contributed by atoms with Gasteiger partial charge in [-0.2, -0.15) is 0 Å². The van der Waals surface area contributed by atoms with Gasteiger partial charge >= 0.3 is 0 Å². The minimum absolute atomic E-state index is 0.0605. The first-order valence-electron chi connectivity index (χ1n) is 6.50. The summed E-state index contributed by atoms with van der Waals surface area (Å²) in [5.74, 6) is 0.546. The van der Waals surface area contributed by atoms with Gasteiger partial charge in [-0.05, 0) is 26.0 Å². The molecule has 0 radical (unpaired) electrons. The third-order valence-electron chi connectivity index (χ3n) is 2.95. The van der Waals surface area contributed by atoms with Crippen LogP contribution < -0.4 is 10.5 Å². The summed E-state index contributed by atoms with van der Waals surface area (Å²) in [4.78, 5) is 8.66. The fourth-order valence-electron chi connectivity index (χ4n) is 2.07. The highest BCUT2D eigenvalue weighted by molar-refractivity contribution is 5.67. The van der Waals surface area contributed by atoms with E-state index in [0.717, 1.165) is 16.9 Å². The molecule has 0 fully saturated rings. The molecular formula is C15H16N4O. The minimum atomic E-state index is 0.0605. The average Bonchev–Trinajstić information content (AvgIpc) is 2.84. The molecule has 5 nitrogen and oxygen atoms in total. The van der Waals surface area contributed by atoms with Gasteiger partial charge in [0, 0.05) is 23.6 Å². The molecule has 3 rings (SSSR count). The van der Waals surface area contributed by atoms with Crippen molar-refractivity contribution < 1.29 is 4.74 Å². The van der Waals surface area contributed by atoms with Gasteiger partial charge < -0.3 is 10.5 Å². The molecule has 3 aromatic rings. The minimum Gasteiger partial charge on any atom is -0.472 e. The Hall–Kier alpha value is -2.56. The first-order valence-corrected chi connectivity index (χ1v) is 6.50. The van der Waals surface area contributed by atoms with Gasteiger partial charge in [0.2, 0.25) is 5.65 Å². The second-order valence-corrected chi connectivity index (χ2v) is 4.86. The number of benzene rings is 1. The van der Waals surface area contributed by atoms with Gasteiger partial charge in [0.25, 0.3) is 5.88 Å². The Morgan fingerprint density at radius 1 is 1.15 bits per heavy atom. The number of nitrogen functional groups attached to an aromatic ring is 1. The number of fused-ring (bicyclic) bond motifs is 1. The Morgan fingerprint density at radius 3 is 2.60 bits per heavy atom. The van der Waals surface area contributed by atoms with Crippen molar-refractivity contribution in [3.05, 3.63) is 42.9 Å². The Labute approximate surface area is 117 Å². The summed E-state index contributed by atoms with van der Waals surface area (Å²) in [5, 5.41) is 0. The van der Waals surface area contributed by atoms with E-state index in [1.165, 1.54) is 0 Å². The molecule has 0 atom stereocenters. The van der Waals surface area contributed by atoms with Gasteiger partial charge in [-0.3, -0.25) is 4.40 Å². The van der Waals surface area contributed by atoms with Crippen molar-refractivity contribution in [3.8, 4) is 17.1 Å². The van der Waals surface area contributed by atoms with Gasteiger partial charge in [0.05, 0.1) is 18.0 Å². The third kappa shape index (κ3) is 2.18. The lowest BCUT2D eigenvalue weighted by atomic mass is 10.1. The molecule has 0 amide bonds. The number of hydrogen-bond acceptors (Lipinski definition) is 4. The molecule has 0 aliphatic rings. The van der Waals surface area contributed by atoms with Gasteiger partial charge in [0.1, 0.15) is 0 Å². The van der Waals surface area contributed by atoms with E-state index in [1.54, 1.807) is 6.20 Å². The first kappa shape index (κ1) is 12.5. The Balaban J connectivity index is 2.12. The lowest BCUT2D eigenvalue weighted by molar-refractivity contribution is 0.234. The first-order chi connectivity index (χ1) is 9.65. The number of imidazole rings is 1. The van der Waals surface area contributed by atoms with Crippen LogP contribution in [0.2, 0.25) is 0 Å². The smallest absolute Gasteiger partial charge is 0.258 e. The summed E-state index contributed by atoms with van der Waals surface area (Å²) < 4.78 is 7.65. The molecule has 0 unspecified atom stereocenters. The quantitative estimate of drug-likeness (QED) is 0.742. The molecule has 2 N–H and O–H groups in total. The van der Waals surface area contributed by atoms with E-state index in [0.29, 0.717) is 11.5 Å². The van der Waals surface area contributed by atoms with Crippen LogP contribution in [0.25, 0.3) is 16.9 Å². The van der Waals surface area contributed by atoms with Crippen LogP contribution in [-0.4, -0.2) is 20.5 Å². The van der Waals surface area contributed by atoms with Crippen LogP contribution in [-0.2, 0) is 0 Å².